The van der Waals surface area contributed by atoms with Gasteiger partial charge in [-0.2, -0.15) is 0 Å². The predicted octanol–water partition coefficient (Wildman–Crippen LogP) is 5.89. The van der Waals surface area contributed by atoms with Crippen LogP contribution in [0.4, 0.5) is 0 Å². The summed E-state index contributed by atoms with van der Waals surface area (Å²) in [4.78, 5) is 0. The number of benzene rings is 1. The first-order valence-corrected chi connectivity index (χ1v) is 8.01. The predicted molar refractivity (Wildman–Crippen MR) is 88.5 cm³/mol. The SMILES string of the molecule is CCCC/C=C/C(C)(C)c1cccc(OCCCC)c1. The van der Waals surface area contributed by atoms with Crippen molar-refractivity contribution in [2.75, 3.05) is 6.61 Å². The maximum atomic E-state index is 5.80. The minimum atomic E-state index is 0.0673. The molecule has 1 aromatic carbocycles. The highest BCUT2D eigenvalue weighted by Gasteiger charge is 2.17. The van der Waals surface area contributed by atoms with Crippen LogP contribution in [-0.2, 0) is 5.41 Å². The van der Waals surface area contributed by atoms with Crippen LogP contribution in [0.1, 0.15) is 65.4 Å². The molecular weight excluding hydrogens is 244 g/mol. The highest BCUT2D eigenvalue weighted by molar-refractivity contribution is 5.35. The van der Waals surface area contributed by atoms with Crippen LogP contribution < -0.4 is 4.74 Å². The average molecular weight is 274 g/mol. The summed E-state index contributed by atoms with van der Waals surface area (Å²) in [5.74, 6) is 0.992. The molecule has 20 heavy (non-hydrogen) atoms. The average Bonchev–Trinajstić information content (AvgIpc) is 2.44. The van der Waals surface area contributed by atoms with Gasteiger partial charge in [0.2, 0.25) is 0 Å². The molecule has 0 aliphatic heterocycles. The quantitative estimate of drug-likeness (QED) is 0.403. The molecule has 0 unspecified atom stereocenters. The Kier molecular flexibility index (Phi) is 7.43. The van der Waals surface area contributed by atoms with Gasteiger partial charge in [0.15, 0.2) is 0 Å². The van der Waals surface area contributed by atoms with Gasteiger partial charge in [-0.15, -0.1) is 0 Å². The fourth-order valence-corrected chi connectivity index (χ4v) is 2.12. The zero-order valence-corrected chi connectivity index (χ0v) is 13.6. The fraction of sp³-hybridized carbons (Fsp3) is 0.579. The summed E-state index contributed by atoms with van der Waals surface area (Å²) >= 11 is 0. The zero-order valence-electron chi connectivity index (χ0n) is 13.6. The third-order valence-corrected chi connectivity index (χ3v) is 3.60. The molecule has 1 aromatic rings. The number of hydrogen-bond acceptors (Lipinski definition) is 1. The highest BCUT2D eigenvalue weighted by Crippen LogP contribution is 2.28. The van der Waals surface area contributed by atoms with Crippen molar-refractivity contribution in [1.82, 2.24) is 0 Å². The second kappa shape index (κ2) is 8.84. The number of rotatable bonds is 9. The second-order valence-corrected chi connectivity index (χ2v) is 6.00. The molecule has 1 nitrogen and oxygen atoms in total. The third kappa shape index (κ3) is 5.81. The Balaban J connectivity index is 2.68. The van der Waals surface area contributed by atoms with Crippen LogP contribution in [0.15, 0.2) is 36.4 Å². The molecule has 1 heteroatoms. The van der Waals surface area contributed by atoms with Gasteiger partial charge < -0.3 is 4.74 Å². The first-order chi connectivity index (χ1) is 9.60. The van der Waals surface area contributed by atoms with Gasteiger partial charge in [-0.3, -0.25) is 0 Å². The molecule has 0 spiro atoms. The molecule has 0 N–H and O–H groups in total. The van der Waals surface area contributed by atoms with Gasteiger partial charge in [-0.25, -0.2) is 0 Å². The lowest BCUT2D eigenvalue weighted by atomic mass is 9.84. The molecule has 0 bridgehead atoms. The van der Waals surface area contributed by atoms with Crippen molar-refractivity contribution >= 4 is 0 Å². The van der Waals surface area contributed by atoms with Gasteiger partial charge in [0.1, 0.15) is 5.75 Å². The Morgan fingerprint density at radius 1 is 1.10 bits per heavy atom. The van der Waals surface area contributed by atoms with Crippen LogP contribution in [-0.4, -0.2) is 6.61 Å². The van der Waals surface area contributed by atoms with Gasteiger partial charge in [-0.1, -0.05) is 71.2 Å². The lowest BCUT2D eigenvalue weighted by Crippen LogP contribution is -2.13. The van der Waals surface area contributed by atoms with E-state index in [-0.39, 0.29) is 5.41 Å². The standard InChI is InChI=1S/C19H30O/c1-5-7-9-10-14-19(3,4)17-12-11-13-18(16-17)20-15-8-6-2/h10-14,16H,5-9,15H2,1-4H3/b14-10+. The lowest BCUT2D eigenvalue weighted by molar-refractivity contribution is 0.308. The van der Waals surface area contributed by atoms with Crippen molar-refractivity contribution in [3.05, 3.63) is 42.0 Å². The first-order valence-electron chi connectivity index (χ1n) is 8.01. The summed E-state index contributed by atoms with van der Waals surface area (Å²) in [6, 6.07) is 8.52. The molecule has 1 rings (SSSR count). The van der Waals surface area contributed by atoms with Crippen LogP contribution >= 0.6 is 0 Å². The normalized spacial score (nSPS) is 12.0. The van der Waals surface area contributed by atoms with E-state index in [4.69, 9.17) is 4.74 Å². The molecule has 0 fully saturated rings. The van der Waals surface area contributed by atoms with Gasteiger partial charge in [-0.05, 0) is 30.5 Å². The topological polar surface area (TPSA) is 9.23 Å². The van der Waals surface area contributed by atoms with Crippen LogP contribution in [0.3, 0.4) is 0 Å². The maximum Gasteiger partial charge on any atom is 0.119 e. The van der Waals surface area contributed by atoms with Crippen LogP contribution in [0.2, 0.25) is 0 Å². The van der Waals surface area contributed by atoms with Crippen molar-refractivity contribution in [3.8, 4) is 5.75 Å². The zero-order chi connectivity index (χ0) is 14.8. The monoisotopic (exact) mass is 274 g/mol. The van der Waals surface area contributed by atoms with E-state index in [1.807, 2.05) is 0 Å². The molecule has 0 radical (unpaired) electrons. The Morgan fingerprint density at radius 2 is 1.85 bits per heavy atom. The Labute approximate surface area is 125 Å². The summed E-state index contributed by atoms with van der Waals surface area (Å²) in [6.07, 6.45) is 10.6. The van der Waals surface area contributed by atoms with Gasteiger partial charge >= 0.3 is 0 Å². The summed E-state index contributed by atoms with van der Waals surface area (Å²) in [5.41, 5.74) is 1.39. The number of hydrogen-bond donors (Lipinski definition) is 0. The van der Waals surface area contributed by atoms with E-state index in [0.717, 1.165) is 18.8 Å². The van der Waals surface area contributed by atoms with Crippen LogP contribution in [0.5, 0.6) is 5.75 Å². The van der Waals surface area contributed by atoms with Crippen LogP contribution in [0, 0.1) is 0 Å². The highest BCUT2D eigenvalue weighted by atomic mass is 16.5. The van der Waals surface area contributed by atoms with Gasteiger partial charge in [0, 0.05) is 5.41 Å². The largest absolute Gasteiger partial charge is 0.494 e. The van der Waals surface area contributed by atoms with Crippen molar-refractivity contribution < 1.29 is 4.74 Å². The second-order valence-electron chi connectivity index (χ2n) is 6.00. The molecule has 0 amide bonds. The maximum absolute atomic E-state index is 5.80. The molecular formula is C19H30O. The van der Waals surface area contributed by atoms with Crippen molar-refractivity contribution in [1.29, 1.82) is 0 Å². The van der Waals surface area contributed by atoms with E-state index in [0.29, 0.717) is 0 Å². The summed E-state index contributed by atoms with van der Waals surface area (Å²) < 4.78 is 5.80. The van der Waals surface area contributed by atoms with E-state index >= 15 is 0 Å². The minimum absolute atomic E-state index is 0.0673. The molecule has 0 saturated heterocycles. The third-order valence-electron chi connectivity index (χ3n) is 3.60. The van der Waals surface area contributed by atoms with Crippen LogP contribution in [0.25, 0.3) is 0 Å². The molecule has 0 aliphatic rings. The van der Waals surface area contributed by atoms with Gasteiger partial charge in [0.25, 0.3) is 0 Å². The van der Waals surface area contributed by atoms with Crippen molar-refractivity contribution in [2.45, 2.75) is 65.2 Å². The fourth-order valence-electron chi connectivity index (χ4n) is 2.12. The van der Waals surface area contributed by atoms with E-state index in [9.17, 15) is 0 Å². The van der Waals surface area contributed by atoms with Crippen molar-refractivity contribution in [2.24, 2.45) is 0 Å². The summed E-state index contributed by atoms with van der Waals surface area (Å²) in [7, 11) is 0. The molecule has 112 valence electrons. The summed E-state index contributed by atoms with van der Waals surface area (Å²) in [6.45, 7) is 9.76. The number of unbranched alkanes of at least 4 members (excludes halogenated alkanes) is 3. The molecule has 0 heterocycles. The summed E-state index contributed by atoms with van der Waals surface area (Å²) in [5, 5.41) is 0. The Morgan fingerprint density at radius 3 is 2.55 bits per heavy atom. The number of allylic oxidation sites excluding steroid dienone is 2. The molecule has 0 aromatic heterocycles. The molecule has 0 saturated carbocycles. The Hall–Kier alpha value is -1.24. The number of ether oxygens (including phenoxy) is 1. The lowest BCUT2D eigenvalue weighted by Gasteiger charge is -2.22. The van der Waals surface area contributed by atoms with E-state index < -0.39 is 0 Å². The first kappa shape index (κ1) is 16.8. The molecule has 0 atom stereocenters. The minimum Gasteiger partial charge on any atom is -0.494 e. The van der Waals surface area contributed by atoms with Gasteiger partial charge in [0.05, 0.1) is 6.61 Å². The van der Waals surface area contributed by atoms with Crippen molar-refractivity contribution in [3.63, 3.8) is 0 Å². The Bertz CT molecular complexity index is 404. The smallest absolute Gasteiger partial charge is 0.119 e. The van der Waals surface area contributed by atoms with E-state index in [2.05, 4.69) is 64.1 Å². The molecule has 0 aliphatic carbocycles. The van der Waals surface area contributed by atoms with E-state index in [1.54, 1.807) is 0 Å². The van der Waals surface area contributed by atoms with E-state index in [1.165, 1.54) is 31.2 Å².